The van der Waals surface area contributed by atoms with Crippen molar-refractivity contribution in [3.8, 4) is 0 Å². The molecule has 0 aromatic rings. The first-order valence-corrected chi connectivity index (χ1v) is 11.1. The van der Waals surface area contributed by atoms with Crippen LogP contribution in [0.5, 0.6) is 0 Å². The van der Waals surface area contributed by atoms with Crippen LogP contribution >= 0.6 is 23.5 Å². The minimum atomic E-state index is -0.568. The zero-order chi connectivity index (χ0) is 17.5. The third kappa shape index (κ3) is 5.19. The lowest BCUT2D eigenvalue weighted by Crippen LogP contribution is -2.40. The number of thioether (sulfide) groups is 2. The molecule has 1 aliphatic heterocycles. The molecule has 0 amide bonds. The van der Waals surface area contributed by atoms with E-state index < -0.39 is 23.4 Å². The maximum Gasteiger partial charge on any atom is 0.208 e. The van der Waals surface area contributed by atoms with Crippen LogP contribution in [0.4, 0.5) is 0 Å². The number of carbonyl (C=O) groups excluding carboxylic acids is 4. The van der Waals surface area contributed by atoms with Gasteiger partial charge in [0.25, 0.3) is 0 Å². The Balaban J connectivity index is 2.14. The summed E-state index contributed by atoms with van der Waals surface area (Å²) >= 11 is 3.03. The lowest BCUT2D eigenvalue weighted by Gasteiger charge is -2.29. The van der Waals surface area contributed by atoms with Gasteiger partial charge in [0.15, 0.2) is 0 Å². The van der Waals surface area contributed by atoms with E-state index in [1.165, 1.54) is 11.8 Å². The minimum Gasteiger partial charge on any atom is -0.291 e. The fourth-order valence-corrected chi connectivity index (χ4v) is 5.85. The molecule has 0 aromatic carbocycles. The number of hydrogen-bond acceptors (Lipinski definition) is 6. The SMILES string of the molecule is CCCCC1CSCC(=O)C(=O)C2CCCCC2C(=O)C(=O)CS1. The van der Waals surface area contributed by atoms with E-state index in [-0.39, 0.29) is 28.3 Å². The zero-order valence-corrected chi connectivity index (χ0v) is 15.9. The molecule has 24 heavy (non-hydrogen) atoms. The number of carbonyl (C=O) groups is 4. The third-order valence-corrected chi connectivity index (χ3v) is 7.47. The molecule has 1 saturated carbocycles. The molecule has 1 heterocycles. The number of hydrogen-bond donors (Lipinski definition) is 0. The third-order valence-electron chi connectivity index (χ3n) is 4.86. The topological polar surface area (TPSA) is 68.3 Å². The zero-order valence-electron chi connectivity index (χ0n) is 14.3. The van der Waals surface area contributed by atoms with Gasteiger partial charge in [-0.25, -0.2) is 0 Å². The van der Waals surface area contributed by atoms with Gasteiger partial charge in [0, 0.05) is 22.8 Å². The summed E-state index contributed by atoms with van der Waals surface area (Å²) < 4.78 is 0. The Morgan fingerprint density at radius 1 is 0.917 bits per heavy atom. The molecule has 0 aromatic heterocycles. The maximum absolute atomic E-state index is 12.5. The van der Waals surface area contributed by atoms with Crippen LogP contribution in [0.15, 0.2) is 0 Å². The summed E-state index contributed by atoms with van der Waals surface area (Å²) in [6.07, 6.45) is 5.94. The van der Waals surface area contributed by atoms with Crippen LogP contribution in [0.3, 0.4) is 0 Å². The van der Waals surface area contributed by atoms with Crippen LogP contribution in [0.25, 0.3) is 0 Å². The van der Waals surface area contributed by atoms with Gasteiger partial charge in [-0.1, -0.05) is 32.6 Å². The molecule has 2 fully saturated rings. The normalized spacial score (nSPS) is 30.5. The lowest BCUT2D eigenvalue weighted by molar-refractivity contribution is -0.145. The second-order valence-electron chi connectivity index (χ2n) is 6.66. The highest BCUT2D eigenvalue weighted by atomic mass is 32.2. The van der Waals surface area contributed by atoms with Crippen molar-refractivity contribution in [2.75, 3.05) is 17.3 Å². The Hall–Kier alpha value is -0.620. The molecule has 3 unspecified atom stereocenters. The summed E-state index contributed by atoms with van der Waals surface area (Å²) in [6, 6.07) is 0. The van der Waals surface area contributed by atoms with Gasteiger partial charge in [0.2, 0.25) is 23.1 Å². The highest BCUT2D eigenvalue weighted by molar-refractivity contribution is 8.04. The molecule has 0 spiro atoms. The molecule has 4 nitrogen and oxygen atoms in total. The summed E-state index contributed by atoms with van der Waals surface area (Å²) in [5.74, 6) is -1.57. The maximum atomic E-state index is 12.5. The Kier molecular flexibility index (Phi) is 8.01. The summed E-state index contributed by atoms with van der Waals surface area (Å²) in [5.41, 5.74) is 0. The molecule has 1 aliphatic carbocycles. The van der Waals surface area contributed by atoms with E-state index >= 15 is 0 Å². The van der Waals surface area contributed by atoms with Crippen molar-refractivity contribution < 1.29 is 19.2 Å². The van der Waals surface area contributed by atoms with Crippen molar-refractivity contribution in [3.05, 3.63) is 0 Å². The Labute approximate surface area is 152 Å². The van der Waals surface area contributed by atoms with Crippen LogP contribution in [-0.4, -0.2) is 45.6 Å². The molecule has 134 valence electrons. The molecular weight excluding hydrogens is 344 g/mol. The number of unbranched alkanes of at least 4 members (excludes halogenated alkanes) is 1. The molecule has 0 radical (unpaired) electrons. The first kappa shape index (κ1) is 19.7. The Morgan fingerprint density at radius 3 is 2.08 bits per heavy atom. The van der Waals surface area contributed by atoms with Crippen molar-refractivity contribution >= 4 is 46.7 Å². The number of rotatable bonds is 3. The molecule has 2 aliphatic rings. The summed E-state index contributed by atoms with van der Waals surface area (Å²) in [6.45, 7) is 2.12. The van der Waals surface area contributed by atoms with E-state index in [4.69, 9.17) is 0 Å². The van der Waals surface area contributed by atoms with Gasteiger partial charge in [-0.05, 0) is 19.3 Å². The number of ketones is 4. The van der Waals surface area contributed by atoms with Gasteiger partial charge >= 0.3 is 0 Å². The summed E-state index contributed by atoms with van der Waals surface area (Å²) in [4.78, 5) is 49.5. The van der Waals surface area contributed by atoms with Gasteiger partial charge in [-0.15, -0.1) is 11.8 Å². The van der Waals surface area contributed by atoms with Gasteiger partial charge < -0.3 is 0 Å². The van der Waals surface area contributed by atoms with Crippen molar-refractivity contribution in [2.24, 2.45) is 11.8 Å². The van der Waals surface area contributed by atoms with Crippen LogP contribution < -0.4 is 0 Å². The van der Waals surface area contributed by atoms with Crippen LogP contribution in [-0.2, 0) is 19.2 Å². The quantitative estimate of drug-likeness (QED) is 0.711. The van der Waals surface area contributed by atoms with Crippen LogP contribution in [0.2, 0.25) is 0 Å². The van der Waals surface area contributed by atoms with Gasteiger partial charge in [0.1, 0.15) is 0 Å². The monoisotopic (exact) mass is 370 g/mol. The molecular formula is C18H26O4S2. The largest absolute Gasteiger partial charge is 0.291 e. The molecule has 1 saturated heterocycles. The minimum absolute atomic E-state index is 0.202. The van der Waals surface area contributed by atoms with Gasteiger partial charge in [-0.3, -0.25) is 19.2 Å². The highest BCUT2D eigenvalue weighted by Gasteiger charge is 2.40. The average Bonchev–Trinajstić information content (AvgIpc) is 2.61. The van der Waals surface area contributed by atoms with E-state index in [0.29, 0.717) is 12.8 Å². The lowest BCUT2D eigenvalue weighted by atomic mass is 9.73. The summed E-state index contributed by atoms with van der Waals surface area (Å²) in [5, 5.41) is 0.260. The predicted molar refractivity (Wildman–Crippen MR) is 98.6 cm³/mol. The van der Waals surface area contributed by atoms with Crippen LogP contribution in [0, 0.1) is 11.8 Å². The molecule has 0 bridgehead atoms. The molecule has 0 N–H and O–H groups in total. The standard InChI is InChI=1S/C18H26O4S2/c1-2-3-6-12-9-23-10-15(19)17(21)13-7-4-5-8-14(13)18(22)16(20)11-24-12/h12-14H,2-11H2,1H3. The van der Waals surface area contributed by atoms with E-state index in [2.05, 4.69) is 6.92 Å². The number of fused-ring (bicyclic) bond motifs is 1. The van der Waals surface area contributed by atoms with Crippen LogP contribution in [0.1, 0.15) is 51.9 Å². The highest BCUT2D eigenvalue weighted by Crippen LogP contribution is 2.33. The van der Waals surface area contributed by atoms with Crippen molar-refractivity contribution in [3.63, 3.8) is 0 Å². The molecule has 6 heteroatoms. The Morgan fingerprint density at radius 2 is 1.50 bits per heavy atom. The first-order valence-electron chi connectivity index (χ1n) is 8.88. The van der Waals surface area contributed by atoms with E-state index in [9.17, 15) is 19.2 Å². The second-order valence-corrected chi connectivity index (χ2v) is 8.98. The Bertz CT molecular complexity index is 503. The number of Topliss-reactive ketones (excluding diaryl/α,β-unsaturated/α-hetero) is 4. The van der Waals surface area contributed by atoms with E-state index in [1.807, 2.05) is 0 Å². The fraction of sp³-hybridized carbons (Fsp3) is 0.778. The second kappa shape index (κ2) is 9.76. The fourth-order valence-electron chi connectivity index (χ4n) is 3.44. The van der Waals surface area contributed by atoms with Gasteiger partial charge in [0.05, 0.1) is 11.5 Å². The smallest absolute Gasteiger partial charge is 0.208 e. The predicted octanol–water partition coefficient (Wildman–Crippen LogP) is 3.11. The molecule has 2 rings (SSSR count). The van der Waals surface area contributed by atoms with E-state index in [0.717, 1.165) is 37.9 Å². The van der Waals surface area contributed by atoms with Crippen molar-refractivity contribution in [1.29, 1.82) is 0 Å². The van der Waals surface area contributed by atoms with Crippen molar-refractivity contribution in [2.45, 2.75) is 57.1 Å². The van der Waals surface area contributed by atoms with E-state index in [1.54, 1.807) is 11.8 Å². The summed E-state index contributed by atoms with van der Waals surface area (Å²) in [7, 11) is 0. The molecule has 3 atom stereocenters. The van der Waals surface area contributed by atoms with Crippen molar-refractivity contribution in [1.82, 2.24) is 0 Å². The average molecular weight is 371 g/mol. The first-order chi connectivity index (χ1) is 11.5. The van der Waals surface area contributed by atoms with Gasteiger partial charge in [-0.2, -0.15) is 11.8 Å².